The number of ether oxygens (including phenoxy) is 1. The number of nitrogens with zero attached hydrogens (tertiary/aromatic N) is 2. The van der Waals surface area contributed by atoms with Gasteiger partial charge in [-0.05, 0) is 32.1 Å². The van der Waals surface area contributed by atoms with Crippen LogP contribution in [0, 0.1) is 0 Å². The zero-order chi connectivity index (χ0) is 15.3. The van der Waals surface area contributed by atoms with E-state index in [1.165, 1.54) is 17.1 Å². The summed E-state index contributed by atoms with van der Waals surface area (Å²) < 4.78 is 33.6. The molecule has 0 radical (unpaired) electrons. The maximum atomic E-state index is 12.7. The Morgan fingerprint density at radius 3 is 2.71 bits per heavy atom. The van der Waals surface area contributed by atoms with Gasteiger partial charge in [0.05, 0.1) is 0 Å². The molecule has 0 aromatic heterocycles. The summed E-state index contributed by atoms with van der Waals surface area (Å²) in [6.07, 6.45) is 6.24. The highest BCUT2D eigenvalue weighted by atomic mass is 32.2. The molecule has 2 rings (SSSR count). The van der Waals surface area contributed by atoms with Crippen LogP contribution in [-0.2, 0) is 14.9 Å². The predicted molar refractivity (Wildman–Crippen MR) is 83.4 cm³/mol. The van der Waals surface area contributed by atoms with Crippen LogP contribution >= 0.6 is 0 Å². The van der Waals surface area contributed by atoms with Crippen LogP contribution in [0.4, 0.5) is 0 Å². The average Bonchev–Trinajstić information content (AvgIpc) is 3.29. The first-order chi connectivity index (χ1) is 10.1. The van der Waals surface area contributed by atoms with E-state index < -0.39 is 10.2 Å². The first kappa shape index (κ1) is 17.1. The normalized spacial score (nSPS) is 24.6. The van der Waals surface area contributed by atoms with E-state index in [4.69, 9.17) is 4.74 Å². The summed E-state index contributed by atoms with van der Waals surface area (Å²) >= 11 is 0. The van der Waals surface area contributed by atoms with Gasteiger partial charge in [0, 0.05) is 52.5 Å². The number of rotatable bonds is 9. The lowest BCUT2D eigenvalue weighted by Crippen LogP contribution is -2.53. The van der Waals surface area contributed by atoms with Crippen LogP contribution in [0.1, 0.15) is 38.5 Å². The van der Waals surface area contributed by atoms with Crippen LogP contribution in [0.3, 0.4) is 0 Å². The summed E-state index contributed by atoms with van der Waals surface area (Å²) in [6.45, 7) is 2.53. The molecule has 1 heterocycles. The molecule has 0 aromatic rings. The standard InChI is InChI=1S/C14H29N3O3S/c1-16(9-5-11-20-2)21(18,19)17-10-4-3-6-14(17)12-15-13-7-8-13/h13-15H,3-12H2,1-2H3. The van der Waals surface area contributed by atoms with E-state index in [-0.39, 0.29) is 6.04 Å². The number of hydrogen-bond donors (Lipinski definition) is 1. The molecule has 2 fully saturated rings. The lowest BCUT2D eigenvalue weighted by atomic mass is 10.1. The minimum atomic E-state index is -3.35. The average molecular weight is 319 g/mol. The Bertz CT molecular complexity index is 412. The van der Waals surface area contributed by atoms with Gasteiger partial charge in [-0.15, -0.1) is 0 Å². The van der Waals surface area contributed by atoms with Crippen LogP contribution in [0.25, 0.3) is 0 Å². The van der Waals surface area contributed by atoms with Crippen LogP contribution in [-0.4, -0.2) is 69.5 Å². The van der Waals surface area contributed by atoms with Gasteiger partial charge in [0.25, 0.3) is 10.2 Å². The number of methoxy groups -OCH3 is 1. The maximum Gasteiger partial charge on any atom is 0.282 e. The van der Waals surface area contributed by atoms with Crippen LogP contribution in [0.2, 0.25) is 0 Å². The van der Waals surface area contributed by atoms with Gasteiger partial charge in [0.15, 0.2) is 0 Å². The molecule has 1 saturated heterocycles. The van der Waals surface area contributed by atoms with Crippen molar-refractivity contribution in [2.75, 3.05) is 40.4 Å². The van der Waals surface area contributed by atoms with Gasteiger partial charge in [-0.2, -0.15) is 17.0 Å². The van der Waals surface area contributed by atoms with E-state index in [0.717, 1.165) is 32.2 Å². The molecule has 21 heavy (non-hydrogen) atoms. The summed E-state index contributed by atoms with van der Waals surface area (Å²) in [6, 6.07) is 0.727. The zero-order valence-corrected chi connectivity index (χ0v) is 14.1. The van der Waals surface area contributed by atoms with Crippen molar-refractivity contribution in [3.63, 3.8) is 0 Å². The summed E-state index contributed by atoms with van der Waals surface area (Å²) in [7, 11) is -0.0388. The van der Waals surface area contributed by atoms with Crippen molar-refractivity contribution in [2.24, 2.45) is 0 Å². The Morgan fingerprint density at radius 2 is 2.05 bits per heavy atom. The Balaban J connectivity index is 1.92. The Kier molecular flexibility index (Phi) is 6.43. The van der Waals surface area contributed by atoms with Crippen molar-refractivity contribution in [3.05, 3.63) is 0 Å². The van der Waals surface area contributed by atoms with Crippen molar-refractivity contribution in [1.29, 1.82) is 0 Å². The SMILES string of the molecule is COCCCN(C)S(=O)(=O)N1CCCCC1CNC1CC1. The number of nitrogens with one attached hydrogen (secondary N) is 1. The van der Waals surface area contributed by atoms with E-state index in [2.05, 4.69) is 5.32 Å². The predicted octanol–water partition coefficient (Wildman–Crippen LogP) is 0.806. The van der Waals surface area contributed by atoms with E-state index in [0.29, 0.717) is 25.7 Å². The molecule has 2 aliphatic rings. The molecule has 6 nitrogen and oxygen atoms in total. The number of piperidine rings is 1. The molecule has 0 bridgehead atoms. The third kappa shape index (κ3) is 4.89. The van der Waals surface area contributed by atoms with Gasteiger partial charge in [0.2, 0.25) is 0 Å². The molecule has 1 N–H and O–H groups in total. The lowest BCUT2D eigenvalue weighted by Gasteiger charge is -2.37. The van der Waals surface area contributed by atoms with E-state index in [1.807, 2.05) is 0 Å². The minimum Gasteiger partial charge on any atom is -0.385 e. The Morgan fingerprint density at radius 1 is 1.29 bits per heavy atom. The van der Waals surface area contributed by atoms with Gasteiger partial charge in [0.1, 0.15) is 0 Å². The topological polar surface area (TPSA) is 61.9 Å². The van der Waals surface area contributed by atoms with Gasteiger partial charge < -0.3 is 10.1 Å². The van der Waals surface area contributed by atoms with Crippen molar-refractivity contribution in [2.45, 2.75) is 50.6 Å². The van der Waals surface area contributed by atoms with E-state index in [9.17, 15) is 8.42 Å². The molecule has 0 aromatic carbocycles. The summed E-state index contributed by atoms with van der Waals surface area (Å²) in [4.78, 5) is 0. The third-order valence-corrected chi connectivity index (χ3v) is 6.35. The van der Waals surface area contributed by atoms with Gasteiger partial charge in [-0.1, -0.05) is 6.42 Å². The molecule has 0 spiro atoms. The maximum absolute atomic E-state index is 12.7. The summed E-state index contributed by atoms with van der Waals surface area (Å²) in [5.74, 6) is 0. The fourth-order valence-electron chi connectivity index (χ4n) is 2.80. The second-order valence-electron chi connectivity index (χ2n) is 6.12. The van der Waals surface area contributed by atoms with Crippen molar-refractivity contribution in [1.82, 2.24) is 13.9 Å². The molecular formula is C14H29N3O3S. The second-order valence-corrected chi connectivity index (χ2v) is 8.11. The monoisotopic (exact) mass is 319 g/mol. The fourth-order valence-corrected chi connectivity index (χ4v) is 4.43. The highest BCUT2D eigenvalue weighted by molar-refractivity contribution is 7.86. The van der Waals surface area contributed by atoms with Crippen molar-refractivity contribution in [3.8, 4) is 0 Å². The molecule has 124 valence electrons. The minimum absolute atomic E-state index is 0.106. The second kappa shape index (κ2) is 7.87. The Hall–Kier alpha value is -0.210. The highest BCUT2D eigenvalue weighted by Gasteiger charge is 2.35. The van der Waals surface area contributed by atoms with Crippen LogP contribution in [0.15, 0.2) is 0 Å². The van der Waals surface area contributed by atoms with E-state index in [1.54, 1.807) is 18.5 Å². The first-order valence-corrected chi connectivity index (χ1v) is 9.41. The first-order valence-electron chi connectivity index (χ1n) is 8.01. The van der Waals surface area contributed by atoms with Gasteiger partial charge in [-0.25, -0.2) is 0 Å². The van der Waals surface area contributed by atoms with Gasteiger partial charge >= 0.3 is 0 Å². The summed E-state index contributed by atoms with van der Waals surface area (Å²) in [5.41, 5.74) is 0. The van der Waals surface area contributed by atoms with Crippen molar-refractivity contribution < 1.29 is 13.2 Å². The van der Waals surface area contributed by atoms with Crippen LogP contribution < -0.4 is 5.32 Å². The molecule has 1 atom stereocenters. The molecule has 1 unspecified atom stereocenters. The lowest BCUT2D eigenvalue weighted by molar-refractivity contribution is 0.186. The van der Waals surface area contributed by atoms with E-state index >= 15 is 0 Å². The highest BCUT2D eigenvalue weighted by Crippen LogP contribution is 2.24. The molecule has 0 amide bonds. The molecular weight excluding hydrogens is 290 g/mol. The molecule has 1 aliphatic heterocycles. The van der Waals surface area contributed by atoms with Gasteiger partial charge in [-0.3, -0.25) is 0 Å². The molecule has 7 heteroatoms. The fraction of sp³-hybridized carbons (Fsp3) is 1.00. The number of hydrogen-bond acceptors (Lipinski definition) is 4. The zero-order valence-electron chi connectivity index (χ0n) is 13.3. The summed E-state index contributed by atoms with van der Waals surface area (Å²) in [5, 5.41) is 3.47. The third-order valence-electron chi connectivity index (χ3n) is 4.30. The Labute approximate surface area is 129 Å². The quantitative estimate of drug-likeness (QED) is 0.639. The largest absolute Gasteiger partial charge is 0.385 e. The molecule has 1 aliphatic carbocycles. The van der Waals surface area contributed by atoms with Crippen molar-refractivity contribution >= 4 is 10.2 Å². The van der Waals surface area contributed by atoms with Crippen LogP contribution in [0.5, 0.6) is 0 Å². The smallest absolute Gasteiger partial charge is 0.282 e. The molecule has 1 saturated carbocycles.